The van der Waals surface area contributed by atoms with E-state index in [-0.39, 0.29) is 6.79 Å². The number of hydrogen-bond donors (Lipinski definition) is 0. The number of halogens is 2. The van der Waals surface area contributed by atoms with Gasteiger partial charge >= 0.3 is 0 Å². The van der Waals surface area contributed by atoms with Gasteiger partial charge in [-0.05, 0) is 63.2 Å². The quantitative estimate of drug-likeness (QED) is 0.452. The van der Waals surface area contributed by atoms with Crippen molar-refractivity contribution >= 4 is 11.6 Å². The molecule has 8 heteroatoms. The first-order valence-corrected chi connectivity index (χ1v) is 11.5. The van der Waals surface area contributed by atoms with Crippen LogP contribution in [-0.2, 0) is 0 Å². The van der Waals surface area contributed by atoms with Crippen LogP contribution in [0.3, 0.4) is 0 Å². The maximum atomic E-state index is 13.7. The molecule has 2 aliphatic heterocycles. The lowest BCUT2D eigenvalue weighted by Crippen LogP contribution is -2.29. The molecule has 0 amide bonds. The Kier molecular flexibility index (Phi) is 6.44. The van der Waals surface area contributed by atoms with Crippen LogP contribution in [0.2, 0.25) is 0 Å². The van der Waals surface area contributed by atoms with Gasteiger partial charge in [-0.1, -0.05) is 18.0 Å². The summed E-state index contributed by atoms with van der Waals surface area (Å²) in [5.74, 6) is 0.581. The molecule has 0 spiro atoms. The summed E-state index contributed by atoms with van der Waals surface area (Å²) in [6.45, 7) is 4.17. The Hall–Kier alpha value is -3.13. The fraction of sp³-hybridized carbons (Fsp3) is 0.400. The van der Waals surface area contributed by atoms with Gasteiger partial charge in [-0.15, -0.1) is 0 Å². The van der Waals surface area contributed by atoms with E-state index in [9.17, 15) is 8.78 Å². The number of aromatic nitrogens is 1. The van der Waals surface area contributed by atoms with Gasteiger partial charge in [-0.2, -0.15) is 0 Å². The number of fused-ring (bicyclic) bond motifs is 1. The molecule has 0 aliphatic carbocycles. The number of hydrogen-bond acceptors (Lipinski definition) is 6. The first-order valence-electron chi connectivity index (χ1n) is 11.5. The molecule has 33 heavy (non-hydrogen) atoms. The van der Waals surface area contributed by atoms with E-state index < -0.39 is 11.6 Å². The molecule has 174 valence electrons. The van der Waals surface area contributed by atoms with Crippen molar-refractivity contribution in [1.82, 2.24) is 10.1 Å². The zero-order valence-electron chi connectivity index (χ0n) is 18.4. The van der Waals surface area contributed by atoms with Crippen LogP contribution >= 0.6 is 0 Å². The van der Waals surface area contributed by atoms with Gasteiger partial charge in [0.1, 0.15) is 17.3 Å². The van der Waals surface area contributed by atoms with Crippen molar-refractivity contribution in [2.24, 2.45) is 0 Å². The van der Waals surface area contributed by atoms with Crippen molar-refractivity contribution in [2.75, 3.05) is 37.9 Å². The van der Waals surface area contributed by atoms with Gasteiger partial charge in [0.25, 0.3) is 0 Å². The van der Waals surface area contributed by atoms with Crippen LogP contribution in [0.5, 0.6) is 11.5 Å². The van der Waals surface area contributed by atoms with Crippen LogP contribution in [0.4, 0.5) is 20.4 Å². The highest BCUT2D eigenvalue weighted by atomic mass is 19.1. The SMILES string of the molecule is Fc1cc(F)cc(-c2cc(N(CCCN3CCCCCC3)c3ccc4c(c3)OCO4)on2)c1. The third-order valence-corrected chi connectivity index (χ3v) is 6.14. The summed E-state index contributed by atoms with van der Waals surface area (Å²) >= 11 is 0. The Balaban J connectivity index is 1.38. The molecule has 0 bridgehead atoms. The van der Waals surface area contributed by atoms with E-state index in [0.717, 1.165) is 37.8 Å². The standard InChI is InChI=1S/C25H27F2N3O3/c26-19-12-18(13-20(27)14-19)22-16-25(33-28-22)30(11-5-10-29-8-3-1-2-4-9-29)21-6-7-23-24(15-21)32-17-31-23/h6-7,12-16H,1-5,8-11,17H2. The molecule has 3 heterocycles. The van der Waals surface area contributed by atoms with Crippen molar-refractivity contribution in [3.05, 3.63) is 54.1 Å². The molecule has 0 N–H and O–H groups in total. The number of anilines is 2. The van der Waals surface area contributed by atoms with Gasteiger partial charge in [0.2, 0.25) is 12.7 Å². The van der Waals surface area contributed by atoms with Crippen molar-refractivity contribution in [1.29, 1.82) is 0 Å². The van der Waals surface area contributed by atoms with E-state index in [1.165, 1.54) is 37.8 Å². The van der Waals surface area contributed by atoms with Crippen molar-refractivity contribution < 1.29 is 22.8 Å². The fourth-order valence-electron chi connectivity index (χ4n) is 4.46. The largest absolute Gasteiger partial charge is 0.454 e. The number of rotatable bonds is 7. The minimum atomic E-state index is -0.653. The van der Waals surface area contributed by atoms with Gasteiger partial charge in [0.15, 0.2) is 11.5 Å². The third-order valence-electron chi connectivity index (χ3n) is 6.14. The van der Waals surface area contributed by atoms with Crippen LogP contribution < -0.4 is 14.4 Å². The number of benzene rings is 2. The molecule has 2 aliphatic rings. The van der Waals surface area contributed by atoms with Crippen LogP contribution in [0.1, 0.15) is 32.1 Å². The second-order valence-corrected chi connectivity index (χ2v) is 8.51. The highest BCUT2D eigenvalue weighted by molar-refractivity contribution is 5.68. The molecule has 2 aromatic carbocycles. The molecular formula is C25H27F2N3O3. The average molecular weight is 456 g/mol. The molecular weight excluding hydrogens is 428 g/mol. The van der Waals surface area contributed by atoms with Crippen molar-refractivity contribution in [3.63, 3.8) is 0 Å². The summed E-state index contributed by atoms with van der Waals surface area (Å²) < 4.78 is 44.0. The molecule has 1 aromatic heterocycles. The van der Waals surface area contributed by atoms with E-state index in [1.807, 2.05) is 23.1 Å². The van der Waals surface area contributed by atoms with Crippen molar-refractivity contribution in [3.8, 4) is 22.8 Å². The van der Waals surface area contributed by atoms with Crippen LogP contribution in [0.25, 0.3) is 11.3 Å². The second-order valence-electron chi connectivity index (χ2n) is 8.51. The lowest BCUT2D eigenvalue weighted by Gasteiger charge is -2.24. The lowest BCUT2D eigenvalue weighted by atomic mass is 10.1. The van der Waals surface area contributed by atoms with Crippen molar-refractivity contribution in [2.45, 2.75) is 32.1 Å². The first-order chi connectivity index (χ1) is 16.2. The second kappa shape index (κ2) is 9.79. The molecule has 0 saturated carbocycles. The molecule has 0 atom stereocenters. The fourth-order valence-corrected chi connectivity index (χ4v) is 4.46. The molecule has 1 fully saturated rings. The highest BCUT2D eigenvalue weighted by Gasteiger charge is 2.21. The third kappa shape index (κ3) is 5.11. The van der Waals surface area contributed by atoms with Crippen LogP contribution in [-0.4, -0.2) is 43.0 Å². The Morgan fingerprint density at radius 3 is 2.42 bits per heavy atom. The summed E-state index contributed by atoms with van der Waals surface area (Å²) in [6, 6.07) is 10.8. The Labute approximate surface area is 191 Å². The first kappa shape index (κ1) is 21.7. The molecule has 0 unspecified atom stereocenters. The predicted octanol–water partition coefficient (Wildman–Crippen LogP) is 5.75. The highest BCUT2D eigenvalue weighted by Crippen LogP contribution is 2.38. The van der Waals surface area contributed by atoms with Crippen LogP contribution in [0, 0.1) is 11.6 Å². The summed E-state index contributed by atoms with van der Waals surface area (Å²) in [7, 11) is 0. The normalized spacial score (nSPS) is 16.1. The maximum Gasteiger partial charge on any atom is 0.232 e. The molecule has 6 nitrogen and oxygen atoms in total. The van der Waals surface area contributed by atoms with Crippen LogP contribution in [0.15, 0.2) is 47.0 Å². The van der Waals surface area contributed by atoms with E-state index in [4.69, 9.17) is 14.0 Å². The molecule has 1 saturated heterocycles. The van der Waals surface area contributed by atoms with Gasteiger partial charge in [0, 0.05) is 36.0 Å². The average Bonchev–Trinajstić information content (AvgIpc) is 3.40. The monoisotopic (exact) mass is 455 g/mol. The Morgan fingerprint density at radius 1 is 0.879 bits per heavy atom. The summed E-state index contributed by atoms with van der Waals surface area (Å²) in [5, 5.41) is 4.08. The number of ether oxygens (including phenoxy) is 2. The minimum absolute atomic E-state index is 0.200. The molecule has 0 radical (unpaired) electrons. The minimum Gasteiger partial charge on any atom is -0.454 e. The zero-order chi connectivity index (χ0) is 22.6. The smallest absolute Gasteiger partial charge is 0.232 e. The molecule has 5 rings (SSSR count). The number of nitrogens with zero attached hydrogens (tertiary/aromatic N) is 3. The van der Waals surface area contributed by atoms with Gasteiger partial charge in [-0.3, -0.25) is 0 Å². The van der Waals surface area contributed by atoms with Gasteiger partial charge in [-0.25, -0.2) is 8.78 Å². The summed E-state index contributed by atoms with van der Waals surface area (Å²) in [6.07, 6.45) is 6.05. The van der Waals surface area contributed by atoms with E-state index in [2.05, 4.69) is 10.1 Å². The summed E-state index contributed by atoms with van der Waals surface area (Å²) in [4.78, 5) is 4.54. The number of likely N-dealkylation sites (tertiary alicyclic amines) is 1. The van der Waals surface area contributed by atoms with Gasteiger partial charge in [0.05, 0.1) is 0 Å². The van der Waals surface area contributed by atoms with Gasteiger partial charge < -0.3 is 23.8 Å². The molecule has 3 aromatic rings. The lowest BCUT2D eigenvalue weighted by molar-refractivity contribution is 0.174. The van der Waals surface area contributed by atoms with E-state index >= 15 is 0 Å². The predicted molar refractivity (Wildman–Crippen MR) is 121 cm³/mol. The zero-order valence-corrected chi connectivity index (χ0v) is 18.4. The van der Waals surface area contributed by atoms with E-state index in [1.54, 1.807) is 6.07 Å². The topological polar surface area (TPSA) is 51.0 Å². The Bertz CT molecular complexity index is 1080. The Morgan fingerprint density at radius 2 is 1.64 bits per heavy atom. The maximum absolute atomic E-state index is 13.7. The summed E-state index contributed by atoms with van der Waals surface area (Å²) in [5.41, 5.74) is 1.59. The van der Waals surface area contributed by atoms with E-state index in [0.29, 0.717) is 35.2 Å².